The largest absolute Gasteiger partial charge is 0.504 e. The SMILES string of the molecule is CC1(C)c2cccnc2C(O)=C(c2c(Cl)ccc(CN[SH](=O)=O)c2Cl)S1(=O)=O. The molecule has 7 nitrogen and oxygen atoms in total. The number of hydrogen-bond donors (Lipinski definition) is 3. The number of halogens is 2. The zero-order valence-corrected chi connectivity index (χ0v) is 18.0. The first-order chi connectivity index (χ1) is 13.0. The maximum atomic E-state index is 13.4. The van der Waals surface area contributed by atoms with Gasteiger partial charge >= 0.3 is 0 Å². The van der Waals surface area contributed by atoms with Crippen molar-refractivity contribution >= 4 is 54.6 Å². The summed E-state index contributed by atoms with van der Waals surface area (Å²) in [6.45, 7) is 2.85. The molecule has 0 bridgehead atoms. The van der Waals surface area contributed by atoms with Gasteiger partial charge in [-0.25, -0.2) is 21.6 Å². The van der Waals surface area contributed by atoms with Crippen molar-refractivity contribution in [1.82, 2.24) is 9.71 Å². The molecule has 150 valence electrons. The number of thiol groups is 1. The van der Waals surface area contributed by atoms with Gasteiger partial charge in [0.25, 0.3) is 0 Å². The maximum absolute atomic E-state index is 13.4. The van der Waals surface area contributed by atoms with E-state index in [0.717, 1.165) is 0 Å². The molecule has 0 unspecified atom stereocenters. The van der Waals surface area contributed by atoms with Crippen molar-refractivity contribution in [2.45, 2.75) is 25.1 Å². The molecule has 0 fully saturated rings. The normalized spacial score (nSPS) is 17.6. The summed E-state index contributed by atoms with van der Waals surface area (Å²) in [5.74, 6) is -0.557. The quantitative estimate of drug-likeness (QED) is 0.601. The lowest BCUT2D eigenvalue weighted by molar-refractivity contribution is 0.501. The molecule has 1 aliphatic rings. The number of nitrogens with one attached hydrogen (secondary N) is 1. The van der Waals surface area contributed by atoms with Crippen molar-refractivity contribution in [2.24, 2.45) is 0 Å². The molecule has 1 aromatic heterocycles. The molecule has 0 saturated heterocycles. The first-order valence-electron chi connectivity index (χ1n) is 7.99. The third kappa shape index (κ3) is 3.21. The monoisotopic (exact) mass is 462 g/mol. The van der Waals surface area contributed by atoms with E-state index in [1.54, 1.807) is 12.1 Å². The van der Waals surface area contributed by atoms with Crippen LogP contribution < -0.4 is 4.72 Å². The van der Waals surface area contributed by atoms with Gasteiger partial charge in [0, 0.05) is 23.9 Å². The second-order valence-corrected chi connectivity index (χ2v) is 10.6. The lowest BCUT2D eigenvalue weighted by Crippen LogP contribution is -2.35. The number of hydrogen-bond acceptors (Lipinski definition) is 6. The Morgan fingerprint density at radius 2 is 1.89 bits per heavy atom. The minimum Gasteiger partial charge on any atom is -0.504 e. The van der Waals surface area contributed by atoms with Gasteiger partial charge in [-0.2, -0.15) is 0 Å². The standard InChI is InChI=1S/C17H16Cl2N2O5S2/c1-17(2)10-4-3-7-20-14(10)15(22)16(28(17,25)26)12-11(18)6-5-9(13(12)19)8-21-27(23)24/h3-7,22,27H,8H2,1-2H3,(H,21,23,24). The maximum Gasteiger partial charge on any atom is 0.201 e. The summed E-state index contributed by atoms with van der Waals surface area (Å²) in [6.07, 6.45) is 1.44. The predicted octanol–water partition coefficient (Wildman–Crippen LogP) is 3.05. The van der Waals surface area contributed by atoms with Crippen molar-refractivity contribution in [3.05, 3.63) is 62.9 Å². The van der Waals surface area contributed by atoms with Crippen molar-refractivity contribution in [3.8, 4) is 0 Å². The molecule has 0 atom stereocenters. The summed E-state index contributed by atoms with van der Waals surface area (Å²) in [5.41, 5.74) is 0.686. The van der Waals surface area contributed by atoms with Crippen LogP contribution in [0, 0.1) is 0 Å². The summed E-state index contributed by atoms with van der Waals surface area (Å²) in [5, 5.41) is 10.7. The van der Waals surface area contributed by atoms with Crippen LogP contribution in [0.4, 0.5) is 0 Å². The van der Waals surface area contributed by atoms with Gasteiger partial charge in [0.1, 0.15) is 10.6 Å². The second kappa shape index (κ2) is 7.31. The number of benzene rings is 1. The number of aliphatic hydroxyl groups is 1. The van der Waals surface area contributed by atoms with Gasteiger partial charge in [-0.15, -0.1) is 0 Å². The van der Waals surface area contributed by atoms with Crippen LogP contribution in [0.1, 0.15) is 36.2 Å². The molecule has 1 aromatic carbocycles. The van der Waals surface area contributed by atoms with E-state index >= 15 is 0 Å². The fraction of sp³-hybridized carbons (Fsp3) is 0.235. The van der Waals surface area contributed by atoms with Gasteiger partial charge < -0.3 is 5.11 Å². The van der Waals surface area contributed by atoms with E-state index in [2.05, 4.69) is 9.71 Å². The summed E-state index contributed by atoms with van der Waals surface area (Å²) >= 11 is 12.6. The van der Waals surface area contributed by atoms with Crippen LogP contribution in [0.15, 0.2) is 30.5 Å². The molecule has 0 saturated carbocycles. The highest BCUT2D eigenvalue weighted by Gasteiger charge is 2.48. The third-order valence-electron chi connectivity index (χ3n) is 4.63. The van der Waals surface area contributed by atoms with Gasteiger partial charge in [0.05, 0.1) is 14.8 Å². The summed E-state index contributed by atoms with van der Waals surface area (Å²) in [7, 11) is -7.01. The van der Waals surface area contributed by atoms with Gasteiger partial charge in [-0.05, 0) is 31.5 Å². The highest BCUT2D eigenvalue weighted by atomic mass is 35.5. The van der Waals surface area contributed by atoms with E-state index in [9.17, 15) is 21.9 Å². The number of pyridine rings is 1. The molecule has 0 spiro atoms. The molecule has 2 N–H and O–H groups in total. The number of rotatable bonds is 4. The zero-order valence-electron chi connectivity index (χ0n) is 14.7. The molecule has 3 rings (SSSR count). The lowest BCUT2D eigenvalue weighted by atomic mass is 9.97. The van der Waals surface area contributed by atoms with Crippen LogP contribution in [0.2, 0.25) is 10.0 Å². The fourth-order valence-electron chi connectivity index (χ4n) is 3.06. The molecule has 28 heavy (non-hydrogen) atoms. The van der Waals surface area contributed by atoms with Gasteiger partial charge in [0.2, 0.25) is 10.9 Å². The van der Waals surface area contributed by atoms with Crippen LogP contribution in [0.3, 0.4) is 0 Å². The van der Waals surface area contributed by atoms with E-state index in [-0.39, 0.29) is 27.8 Å². The molecule has 0 amide bonds. The van der Waals surface area contributed by atoms with Crippen LogP contribution in [-0.4, -0.2) is 26.9 Å². The van der Waals surface area contributed by atoms with Gasteiger partial charge in [-0.3, -0.25) is 4.98 Å². The van der Waals surface area contributed by atoms with E-state index in [1.165, 1.54) is 32.2 Å². The van der Waals surface area contributed by atoms with E-state index in [1.807, 2.05) is 0 Å². The first-order valence-corrected chi connectivity index (χ1v) is 11.4. The summed E-state index contributed by atoms with van der Waals surface area (Å²) in [4.78, 5) is 3.69. The number of sulfone groups is 1. The van der Waals surface area contributed by atoms with Crippen molar-refractivity contribution < 1.29 is 21.9 Å². The number of nitrogens with zero attached hydrogens (tertiary/aromatic N) is 1. The summed E-state index contributed by atoms with van der Waals surface area (Å²) < 4.78 is 49.3. The van der Waals surface area contributed by atoms with Crippen LogP contribution >= 0.6 is 23.2 Å². The Kier molecular flexibility index (Phi) is 5.50. The lowest BCUT2D eigenvalue weighted by Gasteiger charge is -2.33. The molecular weight excluding hydrogens is 447 g/mol. The Morgan fingerprint density at radius 3 is 2.54 bits per heavy atom. The fourth-order valence-corrected chi connectivity index (χ4v) is 5.89. The Balaban J connectivity index is 2.36. The Bertz CT molecular complexity index is 1180. The van der Waals surface area contributed by atoms with Crippen LogP contribution in [-0.2, 0) is 32.0 Å². The van der Waals surface area contributed by atoms with Crippen molar-refractivity contribution in [3.63, 3.8) is 0 Å². The van der Waals surface area contributed by atoms with E-state index in [0.29, 0.717) is 11.1 Å². The van der Waals surface area contributed by atoms with Crippen LogP contribution in [0.5, 0.6) is 0 Å². The zero-order chi connectivity index (χ0) is 20.9. The molecule has 1 aliphatic heterocycles. The minimum atomic E-state index is -4.13. The molecule has 2 aromatic rings. The van der Waals surface area contributed by atoms with E-state index < -0.39 is 36.1 Å². The molecule has 2 heterocycles. The molecule has 0 aliphatic carbocycles. The number of aliphatic hydroxyl groups excluding tert-OH is 1. The molecule has 11 heteroatoms. The number of fused-ring (bicyclic) bond motifs is 1. The average Bonchev–Trinajstić information content (AvgIpc) is 2.62. The topological polar surface area (TPSA) is 113 Å². The van der Waals surface area contributed by atoms with Crippen molar-refractivity contribution in [2.75, 3.05) is 0 Å². The molecular formula is C17H16Cl2N2O5S2. The average molecular weight is 463 g/mol. The smallest absolute Gasteiger partial charge is 0.201 e. The second-order valence-electron chi connectivity index (χ2n) is 6.58. The van der Waals surface area contributed by atoms with Crippen molar-refractivity contribution in [1.29, 1.82) is 0 Å². The van der Waals surface area contributed by atoms with E-state index in [4.69, 9.17) is 23.2 Å². The first kappa shape index (κ1) is 21.1. The summed E-state index contributed by atoms with van der Waals surface area (Å²) in [6, 6.07) is 6.05. The highest BCUT2D eigenvalue weighted by molar-refractivity contribution is 8.01. The highest BCUT2D eigenvalue weighted by Crippen LogP contribution is 2.50. The van der Waals surface area contributed by atoms with Gasteiger partial charge in [-0.1, -0.05) is 35.3 Å². The van der Waals surface area contributed by atoms with Gasteiger partial charge in [0.15, 0.2) is 15.6 Å². The number of aromatic nitrogens is 1. The Hall–Kier alpha value is -1.65. The Labute approximate surface area is 174 Å². The Morgan fingerprint density at radius 1 is 1.21 bits per heavy atom. The predicted molar refractivity (Wildman–Crippen MR) is 109 cm³/mol. The van der Waals surface area contributed by atoms with Crippen LogP contribution in [0.25, 0.3) is 10.7 Å². The molecule has 0 radical (unpaired) electrons. The third-order valence-corrected chi connectivity index (χ3v) is 8.29. The minimum absolute atomic E-state index is 0.000525.